The van der Waals surface area contributed by atoms with Crippen molar-refractivity contribution in [3.63, 3.8) is 0 Å². The molecule has 1 unspecified atom stereocenters. The largest absolute Gasteiger partial charge is 0.416 e. The third-order valence-electron chi connectivity index (χ3n) is 7.85. The van der Waals surface area contributed by atoms with E-state index in [0.29, 0.717) is 19.1 Å². The molecule has 0 aromatic heterocycles. The molecule has 0 bridgehead atoms. The van der Waals surface area contributed by atoms with Gasteiger partial charge in [-0.3, -0.25) is 4.18 Å². The molecule has 0 radical (unpaired) electrons. The minimum Gasteiger partial charge on any atom is -0.416 e. The zero-order valence-corrected chi connectivity index (χ0v) is 22.6. The van der Waals surface area contributed by atoms with E-state index in [1.54, 1.807) is 0 Å². The first-order chi connectivity index (χ1) is 14.9. The Morgan fingerprint density at radius 3 is 2.41 bits per heavy atom. The monoisotopic (exact) mass is 492 g/mol. The lowest BCUT2D eigenvalue weighted by Gasteiger charge is -2.38. The predicted octanol–water partition coefficient (Wildman–Crippen LogP) is 4.33. The Balaban J connectivity index is 1.67. The second-order valence-corrected chi connectivity index (χ2v) is 17.9. The van der Waals surface area contributed by atoms with Gasteiger partial charge in [0.1, 0.15) is 0 Å². The molecule has 3 rings (SSSR count). The molecule has 32 heavy (non-hydrogen) atoms. The smallest absolute Gasteiger partial charge is 0.264 e. The van der Waals surface area contributed by atoms with Crippen LogP contribution in [-0.4, -0.2) is 67.9 Å². The fraction of sp³-hybridized carbons (Fsp3) is 1.00. The summed E-state index contributed by atoms with van der Waals surface area (Å²) in [6.45, 7) is 13.6. The maximum Gasteiger partial charge on any atom is 0.264 e. The first-order valence-corrected chi connectivity index (χ1v) is 17.0. The van der Waals surface area contributed by atoms with Crippen molar-refractivity contribution in [2.45, 2.75) is 95.9 Å². The molecule has 6 atom stereocenters. The van der Waals surface area contributed by atoms with Crippen molar-refractivity contribution in [1.29, 1.82) is 0 Å². The molecule has 0 aromatic rings. The SMILES string of the molecule is CC(C)(C)[Si](C)(C)OC[C@@H]1[C@H]2CC[C@H](COS(C)(=O)=O)CO[C@H]2C[C@H]1OC1CCCCO1. The maximum atomic E-state index is 11.4. The first-order valence-electron chi connectivity index (χ1n) is 12.2. The molecular weight excluding hydrogens is 448 g/mol. The summed E-state index contributed by atoms with van der Waals surface area (Å²) in [7, 11) is -5.32. The Bertz CT molecular complexity index is 700. The van der Waals surface area contributed by atoms with Crippen molar-refractivity contribution >= 4 is 18.4 Å². The number of ether oxygens (including phenoxy) is 3. The van der Waals surface area contributed by atoms with Crippen molar-refractivity contribution in [2.75, 3.05) is 32.7 Å². The summed E-state index contributed by atoms with van der Waals surface area (Å²) in [5, 5.41) is 0.155. The fourth-order valence-electron chi connectivity index (χ4n) is 4.77. The molecule has 0 N–H and O–H groups in total. The summed E-state index contributed by atoms with van der Waals surface area (Å²) < 4.78 is 53.2. The van der Waals surface area contributed by atoms with Gasteiger partial charge in [-0.05, 0) is 56.2 Å². The first kappa shape index (κ1) is 26.6. The number of rotatable bonds is 8. The minimum atomic E-state index is -3.43. The van der Waals surface area contributed by atoms with E-state index in [2.05, 4.69) is 33.9 Å². The lowest BCUT2D eigenvalue weighted by molar-refractivity contribution is -0.198. The van der Waals surface area contributed by atoms with Crippen LogP contribution in [0.2, 0.25) is 18.1 Å². The molecule has 9 heteroatoms. The summed E-state index contributed by atoms with van der Waals surface area (Å²) in [5.41, 5.74) is 0. The Morgan fingerprint density at radius 2 is 1.78 bits per heavy atom. The Morgan fingerprint density at radius 1 is 1.03 bits per heavy atom. The maximum absolute atomic E-state index is 11.4. The summed E-state index contributed by atoms with van der Waals surface area (Å²) in [5.74, 6) is 0.698. The van der Waals surface area contributed by atoms with Gasteiger partial charge in [-0.2, -0.15) is 8.42 Å². The van der Waals surface area contributed by atoms with Crippen LogP contribution in [0.5, 0.6) is 0 Å². The van der Waals surface area contributed by atoms with E-state index >= 15 is 0 Å². The molecule has 1 saturated carbocycles. The fourth-order valence-corrected chi connectivity index (χ4v) is 6.25. The highest BCUT2D eigenvalue weighted by Gasteiger charge is 2.48. The molecule has 188 valence electrons. The van der Waals surface area contributed by atoms with Crippen LogP contribution < -0.4 is 0 Å². The second-order valence-electron chi connectivity index (χ2n) is 11.4. The molecule has 0 spiro atoms. The molecular formula is C23H44O7SSi. The van der Waals surface area contributed by atoms with E-state index in [1.807, 2.05) is 0 Å². The van der Waals surface area contributed by atoms with Crippen molar-refractivity contribution in [1.82, 2.24) is 0 Å². The number of hydrogen-bond donors (Lipinski definition) is 0. The second kappa shape index (κ2) is 10.7. The van der Waals surface area contributed by atoms with E-state index in [1.165, 1.54) is 0 Å². The topological polar surface area (TPSA) is 80.3 Å². The van der Waals surface area contributed by atoms with Gasteiger partial charge in [0.25, 0.3) is 10.1 Å². The van der Waals surface area contributed by atoms with Gasteiger partial charge in [-0.15, -0.1) is 0 Å². The lowest BCUT2D eigenvalue weighted by Crippen LogP contribution is -2.44. The standard InChI is InChI=1S/C23H44O7SSi/c1-23(2,3)32(5,6)29-16-19-18-11-10-17(15-28-31(4,24)25)14-27-20(18)13-21(19)30-22-9-7-8-12-26-22/h17-22H,7-16H2,1-6H3/t17-,18+,19+,20-,21+,22?/m0/s1. The highest BCUT2D eigenvalue weighted by Crippen LogP contribution is 2.44. The van der Waals surface area contributed by atoms with E-state index in [9.17, 15) is 8.42 Å². The molecule has 3 aliphatic rings. The van der Waals surface area contributed by atoms with Gasteiger partial charge in [-0.25, -0.2) is 0 Å². The Hall–Kier alpha value is -0.0331. The Labute approximate surface area is 196 Å². The molecule has 1 aliphatic carbocycles. The van der Waals surface area contributed by atoms with Gasteiger partial charge < -0.3 is 18.6 Å². The highest BCUT2D eigenvalue weighted by molar-refractivity contribution is 7.85. The molecule has 2 heterocycles. The van der Waals surface area contributed by atoms with E-state index in [-0.39, 0.29) is 42.0 Å². The summed E-state index contributed by atoms with van der Waals surface area (Å²) in [6.07, 6.45) is 7.07. The molecule has 2 saturated heterocycles. The Kier molecular flexibility index (Phi) is 8.89. The number of hydrogen-bond acceptors (Lipinski definition) is 7. The van der Waals surface area contributed by atoms with Crippen molar-refractivity contribution in [3.8, 4) is 0 Å². The predicted molar refractivity (Wildman–Crippen MR) is 126 cm³/mol. The zero-order valence-electron chi connectivity index (χ0n) is 20.8. The zero-order chi connectivity index (χ0) is 23.6. The molecule has 2 aliphatic heterocycles. The summed E-state index contributed by atoms with van der Waals surface area (Å²) in [4.78, 5) is 0. The third-order valence-corrected chi connectivity index (χ3v) is 12.9. The van der Waals surface area contributed by atoms with Gasteiger partial charge in [0.2, 0.25) is 0 Å². The average molecular weight is 493 g/mol. The molecule has 3 fully saturated rings. The quantitative estimate of drug-likeness (QED) is 0.368. The van der Waals surface area contributed by atoms with Crippen LogP contribution >= 0.6 is 0 Å². The number of fused-ring (bicyclic) bond motifs is 1. The van der Waals surface area contributed by atoms with Gasteiger partial charge >= 0.3 is 0 Å². The van der Waals surface area contributed by atoms with Crippen LogP contribution in [0.15, 0.2) is 0 Å². The average Bonchev–Trinajstić information content (AvgIpc) is 2.87. The van der Waals surface area contributed by atoms with Gasteiger partial charge in [0.15, 0.2) is 14.6 Å². The van der Waals surface area contributed by atoms with Gasteiger partial charge in [0, 0.05) is 31.5 Å². The highest BCUT2D eigenvalue weighted by atomic mass is 32.2. The molecule has 0 amide bonds. The summed E-state index contributed by atoms with van der Waals surface area (Å²) in [6, 6.07) is 0. The normalized spacial score (nSPS) is 34.8. The van der Waals surface area contributed by atoms with E-state index < -0.39 is 18.4 Å². The van der Waals surface area contributed by atoms with Crippen molar-refractivity contribution in [3.05, 3.63) is 0 Å². The van der Waals surface area contributed by atoms with Gasteiger partial charge in [0.05, 0.1) is 31.7 Å². The lowest BCUT2D eigenvalue weighted by atomic mass is 9.88. The van der Waals surface area contributed by atoms with Crippen LogP contribution in [0, 0.1) is 17.8 Å². The van der Waals surface area contributed by atoms with Crippen molar-refractivity contribution < 1.29 is 31.2 Å². The van der Waals surface area contributed by atoms with E-state index in [0.717, 1.165) is 51.4 Å². The van der Waals surface area contributed by atoms with Crippen LogP contribution in [0.25, 0.3) is 0 Å². The van der Waals surface area contributed by atoms with Crippen LogP contribution in [0.1, 0.15) is 59.3 Å². The summed E-state index contributed by atoms with van der Waals surface area (Å²) >= 11 is 0. The van der Waals surface area contributed by atoms with Gasteiger partial charge in [-0.1, -0.05) is 20.8 Å². The van der Waals surface area contributed by atoms with Crippen LogP contribution in [-0.2, 0) is 32.9 Å². The third kappa shape index (κ3) is 7.23. The molecule has 7 nitrogen and oxygen atoms in total. The van der Waals surface area contributed by atoms with Crippen molar-refractivity contribution in [2.24, 2.45) is 17.8 Å². The van der Waals surface area contributed by atoms with Crippen LogP contribution in [0.4, 0.5) is 0 Å². The van der Waals surface area contributed by atoms with Crippen LogP contribution in [0.3, 0.4) is 0 Å². The van der Waals surface area contributed by atoms with E-state index in [4.69, 9.17) is 22.8 Å². The molecule has 0 aromatic carbocycles. The minimum absolute atomic E-state index is 0.0710.